The van der Waals surface area contributed by atoms with Gasteiger partial charge in [0.25, 0.3) is 0 Å². The Bertz CT molecular complexity index is 564. The zero-order chi connectivity index (χ0) is 13.8. The molecule has 6 heteroatoms. The highest BCUT2D eigenvalue weighted by Gasteiger charge is 2.11. The second kappa shape index (κ2) is 5.60. The summed E-state index contributed by atoms with van der Waals surface area (Å²) in [7, 11) is 0. The number of tetrazole rings is 1. The van der Waals surface area contributed by atoms with Crippen LogP contribution in [0.15, 0.2) is 24.5 Å². The average Bonchev–Trinajstić information content (AvgIpc) is 2.91. The maximum atomic E-state index is 11.8. The third-order valence-corrected chi connectivity index (χ3v) is 3.12. The van der Waals surface area contributed by atoms with Crippen molar-refractivity contribution < 1.29 is 4.79 Å². The van der Waals surface area contributed by atoms with Crippen LogP contribution in [0.5, 0.6) is 0 Å². The second-order valence-corrected chi connectivity index (χ2v) is 4.55. The highest BCUT2D eigenvalue weighted by Crippen LogP contribution is 2.18. The van der Waals surface area contributed by atoms with E-state index in [1.165, 1.54) is 0 Å². The van der Waals surface area contributed by atoms with Gasteiger partial charge in [0, 0.05) is 11.6 Å². The number of aromatic nitrogens is 4. The molecule has 0 spiro atoms. The van der Waals surface area contributed by atoms with E-state index in [2.05, 4.69) is 20.8 Å². The number of hydrogen-bond donors (Lipinski definition) is 1. The molecule has 0 bridgehead atoms. The number of anilines is 1. The number of benzene rings is 1. The third-order valence-electron chi connectivity index (χ3n) is 3.12. The predicted octanol–water partition coefficient (Wildman–Crippen LogP) is 1.96. The maximum Gasteiger partial charge on any atom is 0.227 e. The summed E-state index contributed by atoms with van der Waals surface area (Å²) in [4.78, 5) is 11.8. The van der Waals surface area contributed by atoms with Gasteiger partial charge in [-0.1, -0.05) is 13.8 Å². The molecule has 0 fully saturated rings. The summed E-state index contributed by atoms with van der Waals surface area (Å²) in [5.41, 5.74) is 2.68. The minimum Gasteiger partial charge on any atom is -0.326 e. The largest absolute Gasteiger partial charge is 0.326 e. The number of nitrogens with one attached hydrogen (secondary N) is 1. The van der Waals surface area contributed by atoms with E-state index in [9.17, 15) is 4.79 Å². The van der Waals surface area contributed by atoms with E-state index in [0.29, 0.717) is 0 Å². The minimum absolute atomic E-state index is 0.0134. The Balaban J connectivity index is 2.18. The molecule has 2 rings (SSSR count). The topological polar surface area (TPSA) is 72.7 Å². The van der Waals surface area contributed by atoms with Gasteiger partial charge in [-0.2, -0.15) is 0 Å². The Kier molecular flexibility index (Phi) is 3.89. The lowest BCUT2D eigenvalue weighted by Crippen LogP contribution is -2.19. The Hall–Kier alpha value is -2.24. The van der Waals surface area contributed by atoms with Gasteiger partial charge >= 0.3 is 0 Å². The summed E-state index contributed by atoms with van der Waals surface area (Å²) < 4.78 is 1.59. The zero-order valence-electron chi connectivity index (χ0n) is 11.3. The van der Waals surface area contributed by atoms with E-state index in [1.54, 1.807) is 11.0 Å². The smallest absolute Gasteiger partial charge is 0.227 e. The van der Waals surface area contributed by atoms with Crippen LogP contribution < -0.4 is 5.32 Å². The molecule has 1 aromatic carbocycles. The van der Waals surface area contributed by atoms with E-state index in [4.69, 9.17) is 0 Å². The molecule has 1 unspecified atom stereocenters. The molecule has 0 saturated carbocycles. The summed E-state index contributed by atoms with van der Waals surface area (Å²) in [6, 6.07) is 5.65. The van der Waals surface area contributed by atoms with Crippen LogP contribution in [0.3, 0.4) is 0 Å². The molecule has 1 heterocycles. The number of carbonyl (C=O) groups excluding carboxylic acids is 1. The van der Waals surface area contributed by atoms with Crippen molar-refractivity contribution >= 4 is 11.6 Å². The van der Waals surface area contributed by atoms with Crippen LogP contribution >= 0.6 is 0 Å². The highest BCUT2D eigenvalue weighted by atomic mass is 16.1. The SMILES string of the molecule is CCC(C)C(=O)Nc1ccc(-n2cnnn2)c(C)c1. The molecule has 100 valence electrons. The quantitative estimate of drug-likeness (QED) is 0.910. The number of nitrogens with zero attached hydrogens (tertiary/aromatic N) is 4. The molecule has 1 amide bonds. The first-order valence-corrected chi connectivity index (χ1v) is 6.26. The van der Waals surface area contributed by atoms with Gasteiger partial charge in [0.2, 0.25) is 5.91 Å². The molecule has 1 N–H and O–H groups in total. The zero-order valence-corrected chi connectivity index (χ0v) is 11.3. The van der Waals surface area contributed by atoms with Crippen LogP contribution in [-0.4, -0.2) is 26.1 Å². The van der Waals surface area contributed by atoms with Gasteiger partial charge in [0.05, 0.1) is 5.69 Å². The molecule has 1 atom stereocenters. The molecule has 0 aliphatic carbocycles. The van der Waals surface area contributed by atoms with Crippen molar-refractivity contribution in [2.45, 2.75) is 27.2 Å². The maximum absolute atomic E-state index is 11.8. The van der Waals surface area contributed by atoms with E-state index in [0.717, 1.165) is 23.4 Å². The highest BCUT2D eigenvalue weighted by molar-refractivity contribution is 5.92. The van der Waals surface area contributed by atoms with Gasteiger partial charge < -0.3 is 5.32 Å². The van der Waals surface area contributed by atoms with Crippen molar-refractivity contribution in [2.24, 2.45) is 5.92 Å². The van der Waals surface area contributed by atoms with Crippen LogP contribution in [0.2, 0.25) is 0 Å². The van der Waals surface area contributed by atoms with E-state index < -0.39 is 0 Å². The number of amides is 1. The monoisotopic (exact) mass is 259 g/mol. The number of hydrogen-bond acceptors (Lipinski definition) is 4. The molecule has 2 aromatic rings. The van der Waals surface area contributed by atoms with Crippen molar-refractivity contribution in [3.8, 4) is 5.69 Å². The Morgan fingerprint density at radius 2 is 2.26 bits per heavy atom. The van der Waals surface area contributed by atoms with Crippen molar-refractivity contribution in [1.29, 1.82) is 0 Å². The Labute approximate surface area is 111 Å². The molecular weight excluding hydrogens is 242 g/mol. The van der Waals surface area contributed by atoms with Crippen LogP contribution in [0, 0.1) is 12.8 Å². The molecule has 6 nitrogen and oxygen atoms in total. The summed E-state index contributed by atoms with van der Waals surface area (Å²) in [5.74, 6) is 0.0524. The number of aryl methyl sites for hydroxylation is 1. The van der Waals surface area contributed by atoms with Gasteiger partial charge in [-0.25, -0.2) is 4.68 Å². The standard InChI is InChI=1S/C13H17N5O/c1-4-9(2)13(19)15-11-5-6-12(10(3)7-11)18-8-14-16-17-18/h5-9H,4H2,1-3H3,(H,15,19). The first-order valence-electron chi connectivity index (χ1n) is 6.26. The van der Waals surface area contributed by atoms with Crippen molar-refractivity contribution in [2.75, 3.05) is 5.32 Å². The van der Waals surface area contributed by atoms with E-state index >= 15 is 0 Å². The second-order valence-electron chi connectivity index (χ2n) is 4.55. The summed E-state index contributed by atoms with van der Waals surface area (Å²) in [6.45, 7) is 5.86. The molecule has 19 heavy (non-hydrogen) atoms. The molecular formula is C13H17N5O. The summed E-state index contributed by atoms with van der Waals surface area (Å²) >= 11 is 0. The van der Waals surface area contributed by atoms with Gasteiger partial charge in [0.1, 0.15) is 6.33 Å². The average molecular weight is 259 g/mol. The lowest BCUT2D eigenvalue weighted by atomic mass is 10.1. The first kappa shape index (κ1) is 13.2. The van der Waals surface area contributed by atoms with Crippen LogP contribution in [0.1, 0.15) is 25.8 Å². The van der Waals surface area contributed by atoms with Gasteiger partial charge in [-0.05, 0) is 47.5 Å². The lowest BCUT2D eigenvalue weighted by Gasteiger charge is -2.12. The van der Waals surface area contributed by atoms with Crippen LogP contribution in [0.25, 0.3) is 5.69 Å². The Morgan fingerprint density at radius 3 is 2.84 bits per heavy atom. The van der Waals surface area contributed by atoms with E-state index in [-0.39, 0.29) is 11.8 Å². The van der Waals surface area contributed by atoms with Gasteiger partial charge in [-0.15, -0.1) is 5.10 Å². The molecule has 0 aliphatic heterocycles. The van der Waals surface area contributed by atoms with Crippen molar-refractivity contribution in [1.82, 2.24) is 20.2 Å². The fourth-order valence-electron chi connectivity index (χ4n) is 1.71. The fourth-order valence-corrected chi connectivity index (χ4v) is 1.71. The number of carbonyl (C=O) groups is 1. The summed E-state index contributed by atoms with van der Waals surface area (Å²) in [6.07, 6.45) is 2.37. The normalized spacial score (nSPS) is 12.2. The van der Waals surface area contributed by atoms with Crippen LogP contribution in [-0.2, 0) is 4.79 Å². The van der Waals surface area contributed by atoms with Crippen LogP contribution in [0.4, 0.5) is 5.69 Å². The van der Waals surface area contributed by atoms with Crippen molar-refractivity contribution in [3.63, 3.8) is 0 Å². The molecule has 0 saturated heterocycles. The van der Waals surface area contributed by atoms with Gasteiger partial charge in [-0.3, -0.25) is 4.79 Å². The van der Waals surface area contributed by atoms with Gasteiger partial charge in [0.15, 0.2) is 0 Å². The number of rotatable bonds is 4. The van der Waals surface area contributed by atoms with E-state index in [1.807, 2.05) is 39.0 Å². The lowest BCUT2D eigenvalue weighted by molar-refractivity contribution is -0.119. The first-order chi connectivity index (χ1) is 9.11. The third kappa shape index (κ3) is 2.96. The molecule has 0 aliphatic rings. The Morgan fingerprint density at radius 1 is 1.47 bits per heavy atom. The molecule has 0 radical (unpaired) electrons. The minimum atomic E-state index is 0.0134. The van der Waals surface area contributed by atoms with Crippen molar-refractivity contribution in [3.05, 3.63) is 30.1 Å². The molecule has 1 aromatic heterocycles. The summed E-state index contributed by atoms with van der Waals surface area (Å²) in [5, 5.41) is 14.0. The predicted molar refractivity (Wildman–Crippen MR) is 72.0 cm³/mol. The fraction of sp³-hybridized carbons (Fsp3) is 0.385.